The van der Waals surface area contributed by atoms with Gasteiger partial charge in [0.1, 0.15) is 5.82 Å². The Morgan fingerprint density at radius 1 is 1.14 bits per heavy atom. The number of pyridine rings is 1. The molecular weight excluding hydrogens is 304 g/mol. The third-order valence-electron chi connectivity index (χ3n) is 2.48. The first-order valence-corrected chi connectivity index (χ1v) is 5.67. The van der Waals surface area contributed by atoms with Gasteiger partial charge in [-0.1, -0.05) is 13.0 Å². The Labute approximate surface area is 115 Å². The number of hydrogen-bond donors (Lipinski definition) is 2. The number of alkyl halides is 6. The van der Waals surface area contributed by atoms with Crippen molar-refractivity contribution in [2.45, 2.75) is 31.4 Å². The number of anilines is 1. The van der Waals surface area contributed by atoms with E-state index in [9.17, 15) is 31.1 Å². The van der Waals surface area contributed by atoms with Gasteiger partial charge in [0, 0.05) is 12.6 Å². The van der Waals surface area contributed by atoms with Gasteiger partial charge in [0.15, 0.2) is 0 Å². The Bertz CT molecular complexity index is 471. The number of halogens is 6. The van der Waals surface area contributed by atoms with Crippen molar-refractivity contribution in [3.05, 3.63) is 24.4 Å². The van der Waals surface area contributed by atoms with Gasteiger partial charge < -0.3 is 10.6 Å². The van der Waals surface area contributed by atoms with Crippen LogP contribution in [0.1, 0.15) is 13.3 Å². The molecule has 0 saturated carbocycles. The molecule has 0 aromatic carbocycles. The summed E-state index contributed by atoms with van der Waals surface area (Å²) < 4.78 is 78.2. The Hall–Kier alpha value is -2.00. The van der Waals surface area contributed by atoms with E-state index < -0.39 is 36.2 Å². The standard InChI is InChI=1S/C11H11F6N3O/c1-2-8(21)20-9(10(12,13)14,11(15,16)17)19-7-5-3-4-6-18-7/h3-6H,2H2,1H3,(H,18,19)(H,20,21). The summed E-state index contributed by atoms with van der Waals surface area (Å²) in [6.07, 6.45) is -11.2. The minimum Gasteiger partial charge on any atom is -0.332 e. The summed E-state index contributed by atoms with van der Waals surface area (Å²) in [6.45, 7) is 1.13. The quantitative estimate of drug-likeness (QED) is 0.663. The smallest absolute Gasteiger partial charge is 0.332 e. The number of carbonyl (C=O) groups is 1. The average molecular weight is 315 g/mol. The molecule has 0 aliphatic rings. The van der Waals surface area contributed by atoms with Crippen LogP contribution in [0.4, 0.5) is 32.2 Å². The van der Waals surface area contributed by atoms with Crippen LogP contribution in [0.5, 0.6) is 0 Å². The second-order valence-electron chi connectivity index (χ2n) is 3.99. The molecule has 0 aliphatic heterocycles. The maximum absolute atomic E-state index is 13.0. The van der Waals surface area contributed by atoms with Crippen LogP contribution in [-0.2, 0) is 4.79 Å². The number of rotatable bonds is 4. The molecule has 0 saturated heterocycles. The van der Waals surface area contributed by atoms with Gasteiger partial charge in [0.25, 0.3) is 0 Å². The van der Waals surface area contributed by atoms with E-state index in [1.54, 1.807) is 0 Å². The van der Waals surface area contributed by atoms with Crippen LogP contribution in [0, 0.1) is 0 Å². The van der Waals surface area contributed by atoms with Gasteiger partial charge in [-0.15, -0.1) is 0 Å². The SMILES string of the molecule is CCC(=O)NC(Nc1ccccn1)(C(F)(F)F)C(F)(F)F. The molecule has 1 amide bonds. The molecule has 0 spiro atoms. The largest absolute Gasteiger partial charge is 0.439 e. The van der Waals surface area contributed by atoms with Gasteiger partial charge in [-0.25, -0.2) is 4.98 Å². The molecular formula is C11H11F6N3O. The molecule has 1 heterocycles. The summed E-state index contributed by atoms with van der Waals surface area (Å²) in [7, 11) is 0. The zero-order valence-electron chi connectivity index (χ0n) is 10.6. The first kappa shape index (κ1) is 17.1. The maximum Gasteiger partial charge on any atom is 0.439 e. The average Bonchev–Trinajstić information content (AvgIpc) is 2.36. The molecule has 118 valence electrons. The van der Waals surface area contributed by atoms with Gasteiger partial charge in [0.2, 0.25) is 5.91 Å². The summed E-state index contributed by atoms with van der Waals surface area (Å²) >= 11 is 0. The zero-order valence-corrected chi connectivity index (χ0v) is 10.6. The first-order valence-electron chi connectivity index (χ1n) is 5.67. The molecule has 0 bridgehead atoms. The molecule has 0 radical (unpaired) electrons. The van der Waals surface area contributed by atoms with Crippen molar-refractivity contribution in [3.8, 4) is 0 Å². The Morgan fingerprint density at radius 3 is 2.10 bits per heavy atom. The highest BCUT2D eigenvalue weighted by atomic mass is 19.4. The van der Waals surface area contributed by atoms with Crippen molar-refractivity contribution in [1.29, 1.82) is 0 Å². The molecule has 0 atom stereocenters. The molecule has 21 heavy (non-hydrogen) atoms. The minimum absolute atomic E-state index is 0.544. The normalized spacial score (nSPS) is 12.9. The van der Waals surface area contributed by atoms with E-state index in [0.29, 0.717) is 0 Å². The lowest BCUT2D eigenvalue weighted by molar-refractivity contribution is -0.296. The van der Waals surface area contributed by atoms with Crippen molar-refractivity contribution < 1.29 is 31.1 Å². The van der Waals surface area contributed by atoms with E-state index in [4.69, 9.17) is 0 Å². The lowest BCUT2D eigenvalue weighted by atomic mass is 10.1. The molecule has 0 aliphatic carbocycles. The predicted octanol–water partition coefficient (Wildman–Crippen LogP) is 2.84. The molecule has 1 aromatic rings. The highest BCUT2D eigenvalue weighted by Gasteiger charge is 2.72. The van der Waals surface area contributed by atoms with Crippen LogP contribution in [-0.4, -0.2) is 28.9 Å². The van der Waals surface area contributed by atoms with Crippen molar-refractivity contribution >= 4 is 11.7 Å². The summed E-state index contributed by atoms with van der Waals surface area (Å²) in [4.78, 5) is 14.5. The third-order valence-corrected chi connectivity index (χ3v) is 2.48. The highest BCUT2D eigenvalue weighted by Crippen LogP contribution is 2.43. The zero-order chi connectivity index (χ0) is 16.3. The second kappa shape index (κ2) is 5.78. The molecule has 0 fully saturated rings. The van der Waals surface area contributed by atoms with Gasteiger partial charge in [-0.3, -0.25) is 4.79 Å². The van der Waals surface area contributed by atoms with E-state index in [1.807, 2.05) is 0 Å². The molecule has 2 N–H and O–H groups in total. The van der Waals surface area contributed by atoms with Crippen LogP contribution in [0.25, 0.3) is 0 Å². The fourth-order valence-electron chi connectivity index (χ4n) is 1.40. The van der Waals surface area contributed by atoms with Crippen LogP contribution in [0.2, 0.25) is 0 Å². The van der Waals surface area contributed by atoms with Crippen molar-refractivity contribution in [3.63, 3.8) is 0 Å². The second-order valence-corrected chi connectivity index (χ2v) is 3.99. The van der Waals surface area contributed by atoms with E-state index in [-0.39, 0.29) is 0 Å². The fourth-order valence-corrected chi connectivity index (χ4v) is 1.40. The summed E-state index contributed by atoms with van der Waals surface area (Å²) in [5.41, 5.74) is -4.61. The number of hydrogen-bond acceptors (Lipinski definition) is 3. The van der Waals surface area contributed by atoms with Crippen LogP contribution < -0.4 is 10.6 Å². The predicted molar refractivity (Wildman–Crippen MR) is 61.1 cm³/mol. The molecule has 1 aromatic heterocycles. The number of nitrogens with zero attached hydrogens (tertiary/aromatic N) is 1. The Kier molecular flexibility index (Phi) is 4.69. The molecule has 1 rings (SSSR count). The van der Waals surface area contributed by atoms with Gasteiger partial charge >= 0.3 is 18.0 Å². The van der Waals surface area contributed by atoms with Gasteiger partial charge in [0.05, 0.1) is 0 Å². The monoisotopic (exact) mass is 315 g/mol. The first-order chi connectivity index (χ1) is 9.53. The van der Waals surface area contributed by atoms with Crippen molar-refractivity contribution in [2.75, 3.05) is 5.32 Å². The fraction of sp³-hybridized carbons (Fsp3) is 0.455. The molecule has 0 unspecified atom stereocenters. The summed E-state index contributed by atoms with van der Waals surface area (Å²) in [6, 6.07) is 3.44. The Morgan fingerprint density at radius 2 is 1.71 bits per heavy atom. The number of carbonyl (C=O) groups excluding carboxylic acids is 1. The highest BCUT2D eigenvalue weighted by molar-refractivity contribution is 5.77. The van der Waals surface area contributed by atoms with Crippen molar-refractivity contribution in [1.82, 2.24) is 10.3 Å². The lowest BCUT2D eigenvalue weighted by Crippen LogP contribution is -2.72. The van der Waals surface area contributed by atoms with Crippen molar-refractivity contribution in [2.24, 2.45) is 0 Å². The number of nitrogens with one attached hydrogen (secondary N) is 2. The topological polar surface area (TPSA) is 54.0 Å². The van der Waals surface area contributed by atoms with Crippen LogP contribution in [0.3, 0.4) is 0 Å². The summed E-state index contributed by atoms with van der Waals surface area (Å²) in [5.74, 6) is -2.09. The molecule has 4 nitrogen and oxygen atoms in total. The van der Waals surface area contributed by atoms with Gasteiger partial charge in [-0.05, 0) is 12.1 Å². The Balaban J connectivity index is 3.34. The third kappa shape index (κ3) is 3.56. The van der Waals surface area contributed by atoms with E-state index in [0.717, 1.165) is 24.5 Å². The molecule has 10 heteroatoms. The lowest BCUT2D eigenvalue weighted by Gasteiger charge is -2.38. The number of aromatic nitrogens is 1. The van der Waals surface area contributed by atoms with Crippen LogP contribution in [0.15, 0.2) is 24.4 Å². The summed E-state index contributed by atoms with van der Waals surface area (Å²) in [5, 5.41) is 2.21. The van der Waals surface area contributed by atoms with Crippen LogP contribution >= 0.6 is 0 Å². The van der Waals surface area contributed by atoms with E-state index in [1.165, 1.54) is 17.4 Å². The van der Waals surface area contributed by atoms with E-state index in [2.05, 4.69) is 4.98 Å². The van der Waals surface area contributed by atoms with Gasteiger partial charge in [-0.2, -0.15) is 26.3 Å². The number of amides is 1. The maximum atomic E-state index is 13.0. The minimum atomic E-state index is -5.83. The van der Waals surface area contributed by atoms with E-state index >= 15 is 0 Å².